The smallest absolute Gasteiger partial charge is 0.129 e. The molecule has 2 nitrogen and oxygen atoms in total. The first kappa shape index (κ1) is 8.20. The average molecular weight is 191 g/mol. The summed E-state index contributed by atoms with van der Waals surface area (Å²) >= 11 is 5.76. The molecule has 13 heavy (non-hydrogen) atoms. The summed E-state index contributed by atoms with van der Waals surface area (Å²) < 4.78 is 0. The number of hydrogen-bond donors (Lipinski definition) is 0. The summed E-state index contributed by atoms with van der Waals surface area (Å²) in [6, 6.07) is 9.44. The average Bonchev–Trinajstić information content (AvgIpc) is 2.19. The second-order valence-electron chi connectivity index (χ2n) is 2.58. The maximum atomic E-state index is 5.76. The van der Waals surface area contributed by atoms with Gasteiger partial charge in [-0.05, 0) is 24.3 Å². The highest BCUT2D eigenvalue weighted by atomic mass is 35.5. The van der Waals surface area contributed by atoms with E-state index in [0.29, 0.717) is 5.15 Å². The molecule has 0 N–H and O–H groups in total. The molecule has 2 aromatic heterocycles. The Morgan fingerprint density at radius 1 is 1.00 bits per heavy atom. The van der Waals surface area contributed by atoms with Crippen molar-refractivity contribution in [2.75, 3.05) is 0 Å². The van der Waals surface area contributed by atoms with Gasteiger partial charge in [-0.1, -0.05) is 17.7 Å². The van der Waals surface area contributed by atoms with E-state index in [-0.39, 0.29) is 0 Å². The zero-order chi connectivity index (χ0) is 9.10. The van der Waals surface area contributed by atoms with E-state index in [1.54, 1.807) is 18.5 Å². The third-order valence-corrected chi connectivity index (χ3v) is 1.89. The van der Waals surface area contributed by atoms with Gasteiger partial charge >= 0.3 is 0 Å². The van der Waals surface area contributed by atoms with Crippen LogP contribution in [0.25, 0.3) is 11.3 Å². The Labute approximate surface area is 81.2 Å². The van der Waals surface area contributed by atoms with Crippen molar-refractivity contribution in [2.24, 2.45) is 0 Å². The van der Waals surface area contributed by atoms with Gasteiger partial charge in [0.15, 0.2) is 0 Å². The van der Waals surface area contributed by atoms with Crippen LogP contribution in [0, 0.1) is 0 Å². The minimum atomic E-state index is 0.489. The van der Waals surface area contributed by atoms with Gasteiger partial charge in [-0.15, -0.1) is 0 Å². The van der Waals surface area contributed by atoms with Gasteiger partial charge in [-0.3, -0.25) is 4.98 Å². The van der Waals surface area contributed by atoms with Gasteiger partial charge in [0.25, 0.3) is 0 Å². The molecule has 0 fully saturated rings. The third-order valence-electron chi connectivity index (χ3n) is 1.69. The van der Waals surface area contributed by atoms with E-state index in [0.717, 1.165) is 11.3 Å². The minimum absolute atomic E-state index is 0.489. The molecule has 3 heteroatoms. The van der Waals surface area contributed by atoms with Crippen molar-refractivity contribution >= 4 is 11.6 Å². The number of halogens is 1. The van der Waals surface area contributed by atoms with Crippen molar-refractivity contribution in [3.05, 3.63) is 47.9 Å². The lowest BCUT2D eigenvalue weighted by atomic mass is 10.2. The first-order valence-electron chi connectivity index (χ1n) is 3.89. The third kappa shape index (κ3) is 1.84. The van der Waals surface area contributed by atoms with Crippen LogP contribution in [0.15, 0.2) is 42.7 Å². The fourth-order valence-electron chi connectivity index (χ4n) is 1.10. The lowest BCUT2D eigenvalue weighted by molar-refractivity contribution is 1.29. The van der Waals surface area contributed by atoms with Gasteiger partial charge in [0, 0.05) is 18.0 Å². The number of aromatic nitrogens is 2. The summed E-state index contributed by atoms with van der Waals surface area (Å²) in [5.41, 5.74) is 1.90. The maximum Gasteiger partial charge on any atom is 0.129 e. The van der Waals surface area contributed by atoms with Crippen LogP contribution in [0.3, 0.4) is 0 Å². The van der Waals surface area contributed by atoms with Crippen molar-refractivity contribution in [3.63, 3.8) is 0 Å². The molecule has 0 atom stereocenters. The highest BCUT2D eigenvalue weighted by Gasteiger charge is 1.97. The monoisotopic (exact) mass is 190 g/mol. The molecule has 0 bridgehead atoms. The predicted octanol–water partition coefficient (Wildman–Crippen LogP) is 2.80. The molecule has 0 aliphatic carbocycles. The van der Waals surface area contributed by atoms with E-state index in [1.807, 2.05) is 24.3 Å². The Hall–Kier alpha value is -1.41. The fourth-order valence-corrected chi connectivity index (χ4v) is 1.27. The lowest BCUT2D eigenvalue weighted by Gasteiger charge is -1.98. The van der Waals surface area contributed by atoms with Gasteiger partial charge in [0.05, 0.1) is 5.69 Å². The zero-order valence-electron chi connectivity index (χ0n) is 6.81. The second-order valence-corrected chi connectivity index (χ2v) is 2.97. The summed E-state index contributed by atoms with van der Waals surface area (Å²) in [6.07, 6.45) is 3.43. The first-order valence-corrected chi connectivity index (χ1v) is 4.27. The molecule has 2 heterocycles. The molecule has 2 aromatic rings. The van der Waals surface area contributed by atoms with Gasteiger partial charge in [-0.2, -0.15) is 0 Å². The Bertz CT molecular complexity index is 401. The molecule has 64 valence electrons. The molecule has 0 amide bonds. The highest BCUT2D eigenvalue weighted by Crippen LogP contribution is 2.17. The van der Waals surface area contributed by atoms with E-state index in [2.05, 4.69) is 9.97 Å². The Morgan fingerprint density at radius 3 is 2.62 bits per heavy atom. The topological polar surface area (TPSA) is 25.8 Å². The summed E-state index contributed by atoms with van der Waals surface area (Å²) in [5.74, 6) is 0. The van der Waals surface area contributed by atoms with Crippen LogP contribution in [-0.4, -0.2) is 9.97 Å². The second kappa shape index (κ2) is 3.54. The van der Waals surface area contributed by atoms with Crippen molar-refractivity contribution in [1.29, 1.82) is 0 Å². The van der Waals surface area contributed by atoms with Crippen molar-refractivity contribution in [2.45, 2.75) is 0 Å². The summed E-state index contributed by atoms with van der Waals surface area (Å²) in [6.45, 7) is 0. The normalized spacial score (nSPS) is 9.92. The first-order chi connectivity index (χ1) is 6.36. The quantitative estimate of drug-likeness (QED) is 0.647. The summed E-state index contributed by atoms with van der Waals surface area (Å²) in [5, 5.41) is 0.489. The van der Waals surface area contributed by atoms with Crippen molar-refractivity contribution in [3.8, 4) is 11.3 Å². The van der Waals surface area contributed by atoms with Crippen LogP contribution in [0.5, 0.6) is 0 Å². The van der Waals surface area contributed by atoms with Crippen LogP contribution in [0.4, 0.5) is 0 Å². The maximum absolute atomic E-state index is 5.76. The standard InChI is InChI=1S/C10H7ClN2/c11-10-7-8(4-6-13-10)9-3-1-2-5-12-9/h1-7H. The van der Waals surface area contributed by atoms with Crippen LogP contribution < -0.4 is 0 Å². The number of hydrogen-bond acceptors (Lipinski definition) is 2. The molecule has 0 aliphatic rings. The molecule has 0 radical (unpaired) electrons. The Morgan fingerprint density at radius 2 is 1.92 bits per heavy atom. The Kier molecular flexibility index (Phi) is 2.23. The molecular weight excluding hydrogens is 184 g/mol. The molecule has 0 aliphatic heterocycles. The molecule has 0 spiro atoms. The Balaban J connectivity index is 2.48. The summed E-state index contributed by atoms with van der Waals surface area (Å²) in [4.78, 5) is 8.11. The van der Waals surface area contributed by atoms with E-state index < -0.39 is 0 Å². The number of pyridine rings is 2. The van der Waals surface area contributed by atoms with Crippen LogP contribution in [-0.2, 0) is 0 Å². The minimum Gasteiger partial charge on any atom is -0.256 e. The van der Waals surface area contributed by atoms with Crippen LogP contribution in [0.2, 0.25) is 5.15 Å². The summed E-state index contributed by atoms with van der Waals surface area (Å²) in [7, 11) is 0. The van der Waals surface area contributed by atoms with Gasteiger partial charge in [0.2, 0.25) is 0 Å². The van der Waals surface area contributed by atoms with E-state index in [1.165, 1.54) is 0 Å². The predicted molar refractivity (Wildman–Crippen MR) is 52.5 cm³/mol. The van der Waals surface area contributed by atoms with Gasteiger partial charge in [0.1, 0.15) is 5.15 Å². The zero-order valence-corrected chi connectivity index (χ0v) is 7.57. The van der Waals surface area contributed by atoms with Crippen LogP contribution >= 0.6 is 11.6 Å². The number of nitrogens with zero attached hydrogens (tertiary/aromatic N) is 2. The molecule has 2 rings (SSSR count). The van der Waals surface area contributed by atoms with Gasteiger partial charge in [-0.25, -0.2) is 4.98 Å². The van der Waals surface area contributed by atoms with E-state index >= 15 is 0 Å². The van der Waals surface area contributed by atoms with Crippen molar-refractivity contribution < 1.29 is 0 Å². The lowest BCUT2D eigenvalue weighted by Crippen LogP contribution is -1.82. The molecule has 0 aromatic carbocycles. The van der Waals surface area contributed by atoms with Crippen LogP contribution in [0.1, 0.15) is 0 Å². The van der Waals surface area contributed by atoms with E-state index in [4.69, 9.17) is 11.6 Å². The van der Waals surface area contributed by atoms with E-state index in [9.17, 15) is 0 Å². The van der Waals surface area contributed by atoms with Gasteiger partial charge < -0.3 is 0 Å². The highest BCUT2D eigenvalue weighted by molar-refractivity contribution is 6.29. The largest absolute Gasteiger partial charge is 0.256 e. The fraction of sp³-hybridized carbons (Fsp3) is 0. The molecule has 0 saturated heterocycles. The molecule has 0 unspecified atom stereocenters. The SMILES string of the molecule is Clc1cc(-c2ccccn2)ccn1. The molecular formula is C10H7ClN2. The van der Waals surface area contributed by atoms with Crippen molar-refractivity contribution in [1.82, 2.24) is 9.97 Å². The number of rotatable bonds is 1. The molecule has 0 saturated carbocycles.